The van der Waals surface area contributed by atoms with E-state index in [1.807, 2.05) is 16.3 Å². The van der Waals surface area contributed by atoms with E-state index < -0.39 is 0 Å². The van der Waals surface area contributed by atoms with Gasteiger partial charge in [-0.3, -0.25) is 4.79 Å². The highest BCUT2D eigenvalue weighted by Crippen LogP contribution is 2.28. The van der Waals surface area contributed by atoms with E-state index in [1.165, 1.54) is 0 Å². The quantitative estimate of drug-likeness (QED) is 0.778. The van der Waals surface area contributed by atoms with E-state index in [2.05, 4.69) is 14.9 Å². The molecule has 1 aliphatic rings. The summed E-state index contributed by atoms with van der Waals surface area (Å²) in [6.45, 7) is 3.97. The molecule has 130 valence electrons. The number of anilines is 1. The molecule has 7 heteroatoms. The maximum absolute atomic E-state index is 12.3. The van der Waals surface area contributed by atoms with Crippen LogP contribution in [0.4, 0.5) is 5.82 Å². The molecule has 0 radical (unpaired) electrons. The summed E-state index contributed by atoms with van der Waals surface area (Å²) in [7, 11) is 0. The first-order valence-electron chi connectivity index (χ1n) is 8.70. The minimum absolute atomic E-state index is 0.284. The number of aromatic nitrogens is 2. The fourth-order valence-corrected chi connectivity index (χ4v) is 3.96. The van der Waals surface area contributed by atoms with Crippen LogP contribution in [0.3, 0.4) is 0 Å². The zero-order valence-electron chi connectivity index (χ0n) is 14.0. The highest BCUT2D eigenvalue weighted by molar-refractivity contribution is 7.17. The first-order chi connectivity index (χ1) is 11.8. The Morgan fingerprint density at radius 3 is 2.71 bits per heavy atom. The highest BCUT2D eigenvalue weighted by atomic mass is 32.1. The standard InChI is InChI=1S/C17H25N5OS/c18-7-4-2-1-3-5-15(23)21-8-10-22(11-9-21)17-16-14(6-12-24-16)19-13-20-17/h6,12-13H,1-5,7-11,18H2. The Labute approximate surface area is 146 Å². The van der Waals surface area contributed by atoms with Crippen LogP contribution in [0.1, 0.15) is 32.1 Å². The Hall–Kier alpha value is -1.73. The summed E-state index contributed by atoms with van der Waals surface area (Å²) in [6, 6.07) is 2.02. The Morgan fingerprint density at radius 1 is 1.12 bits per heavy atom. The van der Waals surface area contributed by atoms with Crippen molar-refractivity contribution in [2.45, 2.75) is 32.1 Å². The molecule has 24 heavy (non-hydrogen) atoms. The maximum Gasteiger partial charge on any atom is 0.222 e. The number of unbranched alkanes of at least 4 members (excludes halogenated alkanes) is 3. The summed E-state index contributed by atoms with van der Waals surface area (Å²) in [5.74, 6) is 1.29. The molecule has 1 amide bonds. The normalized spacial score (nSPS) is 15.2. The van der Waals surface area contributed by atoms with Gasteiger partial charge in [0, 0.05) is 32.6 Å². The van der Waals surface area contributed by atoms with Crippen molar-refractivity contribution in [3.05, 3.63) is 17.8 Å². The Morgan fingerprint density at radius 2 is 1.92 bits per heavy atom. The summed E-state index contributed by atoms with van der Waals surface area (Å²) >= 11 is 1.68. The molecule has 0 spiro atoms. The summed E-state index contributed by atoms with van der Waals surface area (Å²) in [4.78, 5) is 25.3. The average Bonchev–Trinajstić information content (AvgIpc) is 3.10. The van der Waals surface area contributed by atoms with Gasteiger partial charge in [0.05, 0.1) is 10.2 Å². The molecule has 1 aliphatic heterocycles. The van der Waals surface area contributed by atoms with E-state index in [4.69, 9.17) is 5.73 Å². The van der Waals surface area contributed by atoms with Crippen molar-refractivity contribution in [2.24, 2.45) is 5.73 Å². The SMILES string of the molecule is NCCCCCCC(=O)N1CCN(c2ncnc3ccsc23)CC1. The Balaban J connectivity index is 1.49. The van der Waals surface area contributed by atoms with E-state index >= 15 is 0 Å². The van der Waals surface area contributed by atoms with E-state index in [0.717, 1.165) is 74.4 Å². The van der Waals surface area contributed by atoms with Gasteiger partial charge in [0.15, 0.2) is 0 Å². The number of piperazine rings is 1. The van der Waals surface area contributed by atoms with Gasteiger partial charge in [0.1, 0.15) is 12.1 Å². The maximum atomic E-state index is 12.3. The molecule has 0 aromatic carbocycles. The van der Waals surface area contributed by atoms with E-state index in [0.29, 0.717) is 6.42 Å². The zero-order chi connectivity index (χ0) is 16.8. The number of hydrogen-bond acceptors (Lipinski definition) is 6. The monoisotopic (exact) mass is 347 g/mol. The van der Waals surface area contributed by atoms with E-state index in [-0.39, 0.29) is 5.91 Å². The van der Waals surface area contributed by atoms with Crippen molar-refractivity contribution in [1.29, 1.82) is 0 Å². The van der Waals surface area contributed by atoms with Gasteiger partial charge in [-0.1, -0.05) is 12.8 Å². The van der Waals surface area contributed by atoms with Crippen LogP contribution >= 0.6 is 11.3 Å². The number of amides is 1. The number of nitrogens with two attached hydrogens (primary N) is 1. The molecule has 6 nitrogen and oxygen atoms in total. The lowest BCUT2D eigenvalue weighted by atomic mass is 10.1. The lowest BCUT2D eigenvalue weighted by Crippen LogP contribution is -2.49. The van der Waals surface area contributed by atoms with Gasteiger partial charge < -0.3 is 15.5 Å². The Bertz CT molecular complexity index is 666. The topological polar surface area (TPSA) is 75.4 Å². The molecule has 0 aliphatic carbocycles. The van der Waals surface area contributed by atoms with Crippen LogP contribution in [0.2, 0.25) is 0 Å². The lowest BCUT2D eigenvalue weighted by molar-refractivity contribution is -0.131. The van der Waals surface area contributed by atoms with Gasteiger partial charge in [-0.05, 0) is 30.8 Å². The Kier molecular flexibility index (Phi) is 5.98. The number of carbonyl (C=O) groups is 1. The van der Waals surface area contributed by atoms with Gasteiger partial charge in [-0.15, -0.1) is 11.3 Å². The fraction of sp³-hybridized carbons (Fsp3) is 0.588. The number of thiophene rings is 1. The second kappa shape index (κ2) is 8.39. The summed E-state index contributed by atoms with van der Waals surface area (Å²) in [5.41, 5.74) is 6.49. The van der Waals surface area contributed by atoms with Crippen molar-refractivity contribution < 1.29 is 4.79 Å². The molecular weight excluding hydrogens is 322 g/mol. The van der Waals surface area contributed by atoms with E-state index in [9.17, 15) is 4.79 Å². The van der Waals surface area contributed by atoms with Crippen LogP contribution < -0.4 is 10.6 Å². The predicted molar refractivity (Wildman–Crippen MR) is 98.3 cm³/mol. The number of nitrogens with zero attached hydrogens (tertiary/aromatic N) is 4. The summed E-state index contributed by atoms with van der Waals surface area (Å²) in [6.07, 6.45) is 6.54. The first-order valence-corrected chi connectivity index (χ1v) is 9.58. The van der Waals surface area contributed by atoms with Crippen LogP contribution in [0, 0.1) is 0 Å². The molecule has 0 bridgehead atoms. The van der Waals surface area contributed by atoms with Crippen molar-refractivity contribution in [2.75, 3.05) is 37.6 Å². The average molecular weight is 347 g/mol. The minimum Gasteiger partial charge on any atom is -0.352 e. The molecule has 2 N–H and O–H groups in total. The van der Waals surface area contributed by atoms with Crippen LogP contribution in [0.15, 0.2) is 17.8 Å². The smallest absolute Gasteiger partial charge is 0.222 e. The first kappa shape index (κ1) is 17.1. The molecular formula is C17H25N5OS. The zero-order valence-corrected chi connectivity index (χ0v) is 14.8. The van der Waals surface area contributed by atoms with Crippen LogP contribution in [-0.4, -0.2) is 53.5 Å². The van der Waals surface area contributed by atoms with E-state index in [1.54, 1.807) is 17.7 Å². The third-order valence-electron chi connectivity index (χ3n) is 4.50. The van der Waals surface area contributed by atoms with Crippen LogP contribution in [-0.2, 0) is 4.79 Å². The fourth-order valence-electron chi connectivity index (χ4n) is 3.10. The molecule has 1 fully saturated rings. The number of rotatable bonds is 7. The van der Waals surface area contributed by atoms with Gasteiger partial charge in [-0.2, -0.15) is 0 Å². The largest absolute Gasteiger partial charge is 0.352 e. The number of fused-ring (bicyclic) bond motifs is 1. The van der Waals surface area contributed by atoms with Crippen LogP contribution in [0.5, 0.6) is 0 Å². The highest BCUT2D eigenvalue weighted by Gasteiger charge is 2.23. The molecule has 2 aromatic heterocycles. The molecule has 0 unspecified atom stereocenters. The van der Waals surface area contributed by atoms with Gasteiger partial charge >= 0.3 is 0 Å². The predicted octanol–water partition coefficient (Wildman–Crippen LogP) is 2.25. The third-order valence-corrected chi connectivity index (χ3v) is 5.40. The molecule has 0 atom stereocenters. The third kappa shape index (κ3) is 4.02. The molecule has 3 heterocycles. The number of carbonyl (C=O) groups excluding carboxylic acids is 1. The van der Waals surface area contributed by atoms with Gasteiger partial charge in [0.2, 0.25) is 5.91 Å². The van der Waals surface area contributed by atoms with Crippen molar-refractivity contribution in [3.8, 4) is 0 Å². The second-order valence-electron chi connectivity index (χ2n) is 6.15. The molecule has 2 aromatic rings. The summed E-state index contributed by atoms with van der Waals surface area (Å²) in [5, 5.41) is 2.05. The molecule has 0 saturated carbocycles. The minimum atomic E-state index is 0.284. The van der Waals surface area contributed by atoms with Gasteiger partial charge in [0.25, 0.3) is 0 Å². The molecule has 1 saturated heterocycles. The van der Waals surface area contributed by atoms with Crippen LogP contribution in [0.25, 0.3) is 10.2 Å². The molecule has 3 rings (SSSR count). The second-order valence-corrected chi connectivity index (χ2v) is 7.07. The van der Waals surface area contributed by atoms with Crippen molar-refractivity contribution in [3.63, 3.8) is 0 Å². The van der Waals surface area contributed by atoms with Crippen molar-refractivity contribution in [1.82, 2.24) is 14.9 Å². The summed E-state index contributed by atoms with van der Waals surface area (Å²) < 4.78 is 1.14. The lowest BCUT2D eigenvalue weighted by Gasteiger charge is -2.35. The van der Waals surface area contributed by atoms with Crippen molar-refractivity contribution >= 4 is 33.3 Å². The van der Waals surface area contributed by atoms with Gasteiger partial charge in [-0.25, -0.2) is 9.97 Å². The number of hydrogen-bond donors (Lipinski definition) is 1.